The molecule has 0 amide bonds. The van der Waals surface area contributed by atoms with Crippen LogP contribution >= 0.6 is 0 Å². The Bertz CT molecular complexity index is 709. The molecule has 0 aliphatic rings. The molecule has 94 valence electrons. The first kappa shape index (κ1) is 11.2. The third-order valence-corrected chi connectivity index (χ3v) is 2.73. The third-order valence-electron chi connectivity index (χ3n) is 2.73. The summed E-state index contributed by atoms with van der Waals surface area (Å²) in [6.07, 6.45) is 4.65. The van der Waals surface area contributed by atoms with Crippen LogP contribution in [0.2, 0.25) is 0 Å². The molecule has 0 unspecified atom stereocenters. The molecule has 0 radical (unpaired) electrons. The number of nitrogen functional groups attached to an aromatic ring is 2. The molecule has 0 aliphatic carbocycles. The Kier molecular flexibility index (Phi) is 2.60. The zero-order valence-electron chi connectivity index (χ0n) is 9.95. The van der Waals surface area contributed by atoms with Crippen molar-refractivity contribution in [2.24, 2.45) is 0 Å². The lowest BCUT2D eigenvalue weighted by Gasteiger charge is -2.06. The van der Waals surface area contributed by atoms with Crippen molar-refractivity contribution in [3.05, 3.63) is 43.1 Å². The van der Waals surface area contributed by atoms with Crippen LogP contribution < -0.4 is 11.5 Å². The number of anilines is 2. The predicted octanol–water partition coefficient (Wildman–Crippen LogP) is 1.96. The van der Waals surface area contributed by atoms with Gasteiger partial charge in [0.2, 0.25) is 5.95 Å². The summed E-state index contributed by atoms with van der Waals surface area (Å²) in [7, 11) is 0. The second-order valence-corrected chi connectivity index (χ2v) is 3.97. The van der Waals surface area contributed by atoms with Crippen molar-refractivity contribution < 1.29 is 4.42 Å². The van der Waals surface area contributed by atoms with Crippen molar-refractivity contribution in [3.63, 3.8) is 0 Å². The fourth-order valence-electron chi connectivity index (χ4n) is 1.83. The van der Waals surface area contributed by atoms with Crippen molar-refractivity contribution in [1.82, 2.24) is 15.0 Å². The lowest BCUT2D eigenvalue weighted by atomic mass is 10.0. The number of nitrogens with two attached hydrogens (primary N) is 2. The van der Waals surface area contributed by atoms with E-state index in [0.29, 0.717) is 11.6 Å². The number of rotatable bonds is 2. The van der Waals surface area contributed by atoms with Gasteiger partial charge in [-0.05, 0) is 11.6 Å². The standard InChI is InChI=1S/C13H11N5O/c14-12-10(5-17-13(15)18-12)8-2-1-3-9(4-8)11-6-16-7-19-11/h1-7H,(H4,14,15,17,18). The van der Waals surface area contributed by atoms with Gasteiger partial charge in [-0.1, -0.05) is 18.2 Å². The lowest BCUT2D eigenvalue weighted by molar-refractivity contribution is 0.572. The minimum Gasteiger partial charge on any atom is -0.444 e. The van der Waals surface area contributed by atoms with Gasteiger partial charge in [-0.25, -0.2) is 9.97 Å². The van der Waals surface area contributed by atoms with Crippen LogP contribution in [0.4, 0.5) is 11.8 Å². The number of nitrogens with zero attached hydrogens (tertiary/aromatic N) is 3. The largest absolute Gasteiger partial charge is 0.444 e. The molecular formula is C13H11N5O. The highest BCUT2D eigenvalue weighted by Crippen LogP contribution is 2.28. The Labute approximate surface area is 109 Å². The molecule has 2 aromatic heterocycles. The zero-order valence-corrected chi connectivity index (χ0v) is 9.95. The highest BCUT2D eigenvalue weighted by molar-refractivity contribution is 5.77. The fourth-order valence-corrected chi connectivity index (χ4v) is 1.83. The summed E-state index contributed by atoms with van der Waals surface area (Å²) >= 11 is 0. The van der Waals surface area contributed by atoms with E-state index in [-0.39, 0.29) is 5.95 Å². The Balaban J connectivity index is 2.08. The monoisotopic (exact) mass is 253 g/mol. The molecule has 6 nitrogen and oxygen atoms in total. The second kappa shape index (κ2) is 4.41. The molecule has 0 spiro atoms. The van der Waals surface area contributed by atoms with Gasteiger partial charge in [0.15, 0.2) is 12.2 Å². The van der Waals surface area contributed by atoms with Crippen LogP contribution in [0.3, 0.4) is 0 Å². The number of hydrogen-bond donors (Lipinski definition) is 2. The molecule has 0 fully saturated rings. The van der Waals surface area contributed by atoms with E-state index >= 15 is 0 Å². The minimum absolute atomic E-state index is 0.160. The molecule has 2 heterocycles. The summed E-state index contributed by atoms with van der Waals surface area (Å²) in [6, 6.07) is 7.69. The van der Waals surface area contributed by atoms with Crippen molar-refractivity contribution in [2.45, 2.75) is 0 Å². The molecule has 0 aliphatic heterocycles. The Morgan fingerprint density at radius 2 is 1.89 bits per heavy atom. The summed E-state index contributed by atoms with van der Waals surface area (Å²) in [4.78, 5) is 11.8. The molecule has 0 saturated carbocycles. The minimum atomic E-state index is 0.160. The van der Waals surface area contributed by atoms with Crippen LogP contribution in [0.15, 0.2) is 47.5 Å². The van der Waals surface area contributed by atoms with Crippen LogP contribution in [-0.4, -0.2) is 15.0 Å². The maximum absolute atomic E-state index is 5.86. The quantitative estimate of drug-likeness (QED) is 0.723. The number of benzene rings is 1. The summed E-state index contributed by atoms with van der Waals surface area (Å²) in [6.45, 7) is 0. The fraction of sp³-hybridized carbons (Fsp3) is 0. The van der Waals surface area contributed by atoms with Gasteiger partial charge in [0.1, 0.15) is 5.82 Å². The van der Waals surface area contributed by atoms with Gasteiger partial charge in [0, 0.05) is 17.3 Å². The number of aromatic nitrogens is 3. The van der Waals surface area contributed by atoms with Gasteiger partial charge in [-0.2, -0.15) is 4.98 Å². The molecule has 6 heteroatoms. The van der Waals surface area contributed by atoms with Crippen LogP contribution in [0, 0.1) is 0 Å². The summed E-state index contributed by atoms with van der Waals surface area (Å²) in [5.41, 5.74) is 13.9. The molecule has 19 heavy (non-hydrogen) atoms. The SMILES string of the molecule is Nc1ncc(-c2cccc(-c3cnco3)c2)c(N)n1. The van der Waals surface area contributed by atoms with Gasteiger partial charge in [0.25, 0.3) is 0 Å². The summed E-state index contributed by atoms with van der Waals surface area (Å²) in [5, 5.41) is 0. The molecule has 4 N–H and O–H groups in total. The summed E-state index contributed by atoms with van der Waals surface area (Å²) in [5.74, 6) is 1.20. The van der Waals surface area contributed by atoms with E-state index in [0.717, 1.165) is 16.7 Å². The molecule has 3 aromatic rings. The van der Waals surface area contributed by atoms with E-state index in [9.17, 15) is 0 Å². The molecule has 3 rings (SSSR count). The van der Waals surface area contributed by atoms with E-state index < -0.39 is 0 Å². The number of oxazole rings is 1. The van der Waals surface area contributed by atoms with E-state index in [1.54, 1.807) is 12.4 Å². The van der Waals surface area contributed by atoms with E-state index in [4.69, 9.17) is 15.9 Å². The Morgan fingerprint density at radius 3 is 2.63 bits per heavy atom. The highest BCUT2D eigenvalue weighted by Gasteiger charge is 2.08. The van der Waals surface area contributed by atoms with E-state index in [1.165, 1.54) is 6.39 Å². The van der Waals surface area contributed by atoms with Gasteiger partial charge in [-0.15, -0.1) is 0 Å². The first-order valence-electron chi connectivity index (χ1n) is 5.61. The average molecular weight is 253 g/mol. The molecule has 0 saturated heterocycles. The van der Waals surface area contributed by atoms with E-state index in [2.05, 4.69) is 15.0 Å². The van der Waals surface area contributed by atoms with Crippen molar-refractivity contribution in [3.8, 4) is 22.5 Å². The molecule has 1 aromatic carbocycles. The summed E-state index contributed by atoms with van der Waals surface area (Å²) < 4.78 is 5.27. The van der Waals surface area contributed by atoms with Crippen LogP contribution in [0.1, 0.15) is 0 Å². The first-order chi connectivity index (χ1) is 9.24. The highest BCUT2D eigenvalue weighted by atomic mass is 16.3. The molecule has 0 bridgehead atoms. The van der Waals surface area contributed by atoms with Crippen molar-refractivity contribution >= 4 is 11.8 Å². The Hall–Kier alpha value is -2.89. The molecular weight excluding hydrogens is 242 g/mol. The van der Waals surface area contributed by atoms with E-state index in [1.807, 2.05) is 24.3 Å². The second-order valence-electron chi connectivity index (χ2n) is 3.97. The average Bonchev–Trinajstić information content (AvgIpc) is 2.93. The van der Waals surface area contributed by atoms with Gasteiger partial charge >= 0.3 is 0 Å². The maximum atomic E-state index is 5.86. The predicted molar refractivity (Wildman–Crippen MR) is 71.8 cm³/mol. The van der Waals surface area contributed by atoms with Gasteiger partial charge in [0.05, 0.1) is 6.20 Å². The number of hydrogen-bond acceptors (Lipinski definition) is 6. The smallest absolute Gasteiger partial charge is 0.221 e. The Morgan fingerprint density at radius 1 is 1.05 bits per heavy atom. The first-order valence-corrected chi connectivity index (χ1v) is 5.61. The van der Waals surface area contributed by atoms with Crippen LogP contribution in [0.5, 0.6) is 0 Å². The van der Waals surface area contributed by atoms with Gasteiger partial charge < -0.3 is 15.9 Å². The van der Waals surface area contributed by atoms with Gasteiger partial charge in [-0.3, -0.25) is 0 Å². The lowest BCUT2D eigenvalue weighted by Crippen LogP contribution is -2.00. The van der Waals surface area contributed by atoms with Crippen molar-refractivity contribution in [2.75, 3.05) is 11.5 Å². The van der Waals surface area contributed by atoms with Crippen LogP contribution in [0.25, 0.3) is 22.5 Å². The molecule has 0 atom stereocenters. The van der Waals surface area contributed by atoms with Crippen LogP contribution in [-0.2, 0) is 0 Å². The van der Waals surface area contributed by atoms with Crippen molar-refractivity contribution in [1.29, 1.82) is 0 Å². The zero-order chi connectivity index (χ0) is 13.2. The maximum Gasteiger partial charge on any atom is 0.221 e. The topological polar surface area (TPSA) is 104 Å². The third kappa shape index (κ3) is 2.11. The normalized spacial score (nSPS) is 10.5.